The van der Waals surface area contributed by atoms with Gasteiger partial charge in [-0.15, -0.1) is 0 Å². The number of aliphatic imine (C=N–C) groups is 1. The highest BCUT2D eigenvalue weighted by atomic mass is 35.5. The third-order valence-electron chi connectivity index (χ3n) is 1.51. The first-order chi connectivity index (χ1) is 8.11. The largest absolute Gasteiger partial charge is 0.325 e. The number of rotatable bonds is 3. The van der Waals surface area contributed by atoms with Crippen molar-refractivity contribution < 1.29 is 0 Å². The average Bonchev–Trinajstić information content (AvgIpc) is 2.30. The number of hydrogen-bond donors (Lipinski definition) is 1. The zero-order valence-electron chi connectivity index (χ0n) is 11.0. The lowest BCUT2D eigenvalue weighted by molar-refractivity contribution is 1.14. The Labute approximate surface area is 108 Å². The monoisotopic (exact) mass is 254 g/mol. The van der Waals surface area contributed by atoms with Crippen LogP contribution in [0.4, 0.5) is 5.82 Å². The van der Waals surface area contributed by atoms with E-state index >= 15 is 0 Å². The third-order valence-corrected chi connectivity index (χ3v) is 1.71. The van der Waals surface area contributed by atoms with Gasteiger partial charge in [-0.1, -0.05) is 25.4 Å². The molecule has 4 nitrogen and oxygen atoms in total. The van der Waals surface area contributed by atoms with Crippen molar-refractivity contribution >= 4 is 23.1 Å². The molecule has 0 saturated carbocycles. The molecule has 0 radical (unpaired) electrons. The number of aromatic nitrogens is 2. The summed E-state index contributed by atoms with van der Waals surface area (Å²) >= 11 is 5.73. The molecule has 0 unspecified atom stereocenters. The van der Waals surface area contributed by atoms with Gasteiger partial charge in [0, 0.05) is 11.8 Å². The van der Waals surface area contributed by atoms with Crippen molar-refractivity contribution in [1.82, 2.24) is 9.97 Å². The van der Waals surface area contributed by atoms with Crippen LogP contribution in [-0.4, -0.2) is 15.7 Å². The van der Waals surface area contributed by atoms with Gasteiger partial charge < -0.3 is 5.32 Å². The number of allylic oxidation sites excluding steroid dienone is 1. The van der Waals surface area contributed by atoms with E-state index in [1.165, 1.54) is 6.33 Å². The average molecular weight is 255 g/mol. The van der Waals surface area contributed by atoms with Crippen LogP contribution in [0.15, 0.2) is 29.3 Å². The zero-order valence-corrected chi connectivity index (χ0v) is 11.7. The third kappa shape index (κ3) is 6.68. The van der Waals surface area contributed by atoms with Gasteiger partial charge in [-0.05, 0) is 26.8 Å². The SMILES string of the molecule is C/C=C(\N=C(C)C)Nc1cc(Cl)ncn1.CC. The lowest BCUT2D eigenvalue weighted by Crippen LogP contribution is -2.01. The highest BCUT2D eigenvalue weighted by Crippen LogP contribution is 2.11. The number of nitrogens with zero attached hydrogens (tertiary/aromatic N) is 3. The molecule has 0 aliphatic carbocycles. The van der Waals surface area contributed by atoms with Gasteiger partial charge in [0.25, 0.3) is 0 Å². The molecule has 0 bridgehead atoms. The van der Waals surface area contributed by atoms with Gasteiger partial charge in [0.05, 0.1) is 0 Å². The molecule has 0 aliphatic heterocycles. The molecule has 0 spiro atoms. The van der Waals surface area contributed by atoms with Crippen molar-refractivity contribution in [1.29, 1.82) is 0 Å². The summed E-state index contributed by atoms with van der Waals surface area (Å²) in [6.45, 7) is 9.76. The second kappa shape index (κ2) is 8.70. The number of anilines is 1. The molecule has 0 atom stereocenters. The molecule has 1 aromatic rings. The van der Waals surface area contributed by atoms with E-state index in [-0.39, 0.29) is 0 Å². The van der Waals surface area contributed by atoms with Gasteiger partial charge in [0.15, 0.2) is 0 Å². The summed E-state index contributed by atoms with van der Waals surface area (Å²) in [5.74, 6) is 1.37. The predicted molar refractivity (Wildman–Crippen MR) is 74.6 cm³/mol. The van der Waals surface area contributed by atoms with Crippen molar-refractivity contribution in [3.63, 3.8) is 0 Å². The molecule has 0 fully saturated rings. The predicted octanol–water partition coefficient (Wildman–Crippen LogP) is 3.91. The Morgan fingerprint density at radius 3 is 2.47 bits per heavy atom. The van der Waals surface area contributed by atoms with Crippen LogP contribution in [0.25, 0.3) is 0 Å². The van der Waals surface area contributed by atoms with Crippen molar-refractivity contribution in [2.75, 3.05) is 5.32 Å². The normalized spacial score (nSPS) is 10.1. The van der Waals surface area contributed by atoms with E-state index in [0.717, 1.165) is 11.5 Å². The first-order valence-electron chi connectivity index (χ1n) is 5.54. The first-order valence-corrected chi connectivity index (χ1v) is 5.92. The lowest BCUT2D eigenvalue weighted by atomic mass is 10.4. The molecule has 1 heterocycles. The molecule has 0 aromatic carbocycles. The highest BCUT2D eigenvalue weighted by molar-refractivity contribution is 6.29. The second-order valence-corrected chi connectivity index (χ2v) is 3.47. The quantitative estimate of drug-likeness (QED) is 0.657. The minimum absolute atomic E-state index is 0.403. The van der Waals surface area contributed by atoms with Gasteiger partial charge in [-0.2, -0.15) is 0 Å². The zero-order chi connectivity index (χ0) is 13.3. The lowest BCUT2D eigenvalue weighted by Gasteiger charge is -2.05. The Morgan fingerprint density at radius 1 is 1.35 bits per heavy atom. The van der Waals surface area contributed by atoms with Gasteiger partial charge in [0.1, 0.15) is 23.1 Å². The molecule has 1 aromatic heterocycles. The first kappa shape index (κ1) is 15.6. The van der Waals surface area contributed by atoms with Gasteiger partial charge in [0.2, 0.25) is 0 Å². The molecular weight excluding hydrogens is 236 g/mol. The van der Waals surface area contributed by atoms with Crippen molar-refractivity contribution in [2.24, 2.45) is 4.99 Å². The topological polar surface area (TPSA) is 50.2 Å². The maximum atomic E-state index is 5.73. The van der Waals surface area contributed by atoms with E-state index in [2.05, 4.69) is 20.3 Å². The maximum Gasteiger partial charge on any atom is 0.136 e. The molecule has 5 heteroatoms. The van der Waals surface area contributed by atoms with Crippen LogP contribution in [0.1, 0.15) is 34.6 Å². The van der Waals surface area contributed by atoms with Gasteiger partial charge in [-0.25, -0.2) is 15.0 Å². The standard InChI is InChI=1S/C10H13ClN4.C2H6/c1-4-9(14-7(2)3)15-10-5-8(11)12-6-13-10;1-2/h4-6H,1-3H3,(H,12,13,15);1-2H3/b9-4+;. The Kier molecular flexibility index (Phi) is 7.97. The molecular formula is C12H19ClN4. The minimum Gasteiger partial charge on any atom is -0.325 e. The fraction of sp³-hybridized carbons (Fsp3) is 0.417. The van der Waals surface area contributed by atoms with Gasteiger partial charge >= 0.3 is 0 Å². The summed E-state index contributed by atoms with van der Waals surface area (Å²) in [7, 11) is 0. The van der Waals surface area contributed by atoms with E-state index in [9.17, 15) is 0 Å². The van der Waals surface area contributed by atoms with Crippen molar-refractivity contribution in [2.45, 2.75) is 34.6 Å². The van der Waals surface area contributed by atoms with Crippen LogP contribution in [0.5, 0.6) is 0 Å². The van der Waals surface area contributed by atoms with E-state index in [0.29, 0.717) is 11.0 Å². The number of hydrogen-bond acceptors (Lipinski definition) is 4. The fourth-order valence-electron chi connectivity index (χ4n) is 0.939. The van der Waals surface area contributed by atoms with E-state index in [4.69, 9.17) is 11.6 Å². The maximum absolute atomic E-state index is 5.73. The number of halogens is 1. The van der Waals surface area contributed by atoms with Crippen molar-refractivity contribution in [3.05, 3.63) is 29.4 Å². The van der Waals surface area contributed by atoms with E-state index in [1.54, 1.807) is 6.07 Å². The molecule has 0 saturated heterocycles. The molecule has 17 heavy (non-hydrogen) atoms. The van der Waals surface area contributed by atoms with Crippen LogP contribution >= 0.6 is 11.6 Å². The Bertz CT molecular complexity index is 395. The van der Waals surface area contributed by atoms with Crippen LogP contribution in [0.3, 0.4) is 0 Å². The van der Waals surface area contributed by atoms with Crippen LogP contribution in [-0.2, 0) is 0 Å². The Hall–Kier alpha value is -1.42. The molecule has 1 N–H and O–H groups in total. The Balaban J connectivity index is 0.00000121. The van der Waals surface area contributed by atoms with E-state index < -0.39 is 0 Å². The Morgan fingerprint density at radius 2 is 2.00 bits per heavy atom. The summed E-state index contributed by atoms with van der Waals surface area (Å²) < 4.78 is 0. The second-order valence-electron chi connectivity index (χ2n) is 3.08. The number of nitrogens with one attached hydrogen (secondary N) is 1. The van der Waals surface area contributed by atoms with Crippen LogP contribution in [0.2, 0.25) is 5.15 Å². The van der Waals surface area contributed by atoms with Gasteiger partial charge in [-0.3, -0.25) is 0 Å². The van der Waals surface area contributed by atoms with Crippen LogP contribution < -0.4 is 5.32 Å². The summed E-state index contributed by atoms with van der Waals surface area (Å²) in [5.41, 5.74) is 0.968. The summed E-state index contributed by atoms with van der Waals surface area (Å²) in [5, 5.41) is 3.44. The summed E-state index contributed by atoms with van der Waals surface area (Å²) in [4.78, 5) is 12.1. The summed E-state index contributed by atoms with van der Waals surface area (Å²) in [6, 6.07) is 1.64. The van der Waals surface area contributed by atoms with E-state index in [1.807, 2.05) is 40.7 Å². The highest BCUT2D eigenvalue weighted by Gasteiger charge is 1.98. The van der Waals surface area contributed by atoms with Crippen LogP contribution in [0, 0.1) is 0 Å². The van der Waals surface area contributed by atoms with Crippen molar-refractivity contribution in [3.8, 4) is 0 Å². The summed E-state index contributed by atoms with van der Waals surface area (Å²) in [6.07, 6.45) is 3.27. The smallest absolute Gasteiger partial charge is 0.136 e. The molecule has 94 valence electrons. The molecule has 0 amide bonds. The fourth-order valence-corrected chi connectivity index (χ4v) is 1.09. The molecule has 1 rings (SSSR count). The molecule has 0 aliphatic rings. The minimum atomic E-state index is 0.403.